The number of carbonyl (C=O) groups is 1. The van der Waals surface area contributed by atoms with E-state index in [9.17, 15) is 9.90 Å². The Morgan fingerprint density at radius 3 is 2.58 bits per heavy atom. The van der Waals surface area contributed by atoms with Crippen LogP contribution in [0.3, 0.4) is 0 Å². The van der Waals surface area contributed by atoms with Gasteiger partial charge in [0.2, 0.25) is 0 Å². The zero-order chi connectivity index (χ0) is 14.3. The summed E-state index contributed by atoms with van der Waals surface area (Å²) in [6, 6.07) is 0.549. The van der Waals surface area contributed by atoms with Gasteiger partial charge >= 0.3 is 5.97 Å². The summed E-state index contributed by atoms with van der Waals surface area (Å²) in [6.07, 6.45) is 5.72. The summed E-state index contributed by atoms with van der Waals surface area (Å²) in [5.41, 5.74) is 0. The molecular weight excluding hydrogens is 242 g/mol. The summed E-state index contributed by atoms with van der Waals surface area (Å²) in [5, 5.41) is 9.32. The van der Waals surface area contributed by atoms with Crippen LogP contribution >= 0.6 is 0 Å². The van der Waals surface area contributed by atoms with Crippen molar-refractivity contribution >= 4 is 5.97 Å². The molecule has 1 aliphatic rings. The highest BCUT2D eigenvalue weighted by Crippen LogP contribution is 2.25. The molecule has 3 atom stereocenters. The molecule has 0 aliphatic carbocycles. The zero-order valence-electron chi connectivity index (χ0n) is 12.6. The summed E-state index contributed by atoms with van der Waals surface area (Å²) in [7, 11) is 0. The van der Waals surface area contributed by atoms with Crippen LogP contribution in [0.1, 0.15) is 52.9 Å². The van der Waals surface area contributed by atoms with Gasteiger partial charge in [-0.15, -0.1) is 0 Å². The van der Waals surface area contributed by atoms with Gasteiger partial charge in [-0.2, -0.15) is 0 Å². The lowest BCUT2D eigenvalue weighted by molar-refractivity contribution is -0.143. The largest absolute Gasteiger partial charge is 0.481 e. The summed E-state index contributed by atoms with van der Waals surface area (Å²) >= 11 is 0. The number of unbranched alkanes of at least 4 members (excludes halogenated alkanes) is 1. The van der Waals surface area contributed by atoms with E-state index in [-0.39, 0.29) is 12.0 Å². The Balaban J connectivity index is 2.75. The first-order chi connectivity index (χ1) is 9.15. The topological polar surface area (TPSA) is 49.8 Å². The van der Waals surface area contributed by atoms with Gasteiger partial charge in [-0.1, -0.05) is 33.6 Å². The summed E-state index contributed by atoms with van der Waals surface area (Å²) in [6.45, 7) is 8.47. The number of carboxylic acids is 1. The molecule has 3 unspecified atom stereocenters. The minimum atomic E-state index is -0.714. The highest BCUT2D eigenvalue weighted by Gasteiger charge is 2.39. The third-order valence-corrected chi connectivity index (χ3v) is 4.11. The van der Waals surface area contributed by atoms with Crippen molar-refractivity contribution in [1.29, 1.82) is 0 Å². The van der Waals surface area contributed by atoms with E-state index in [4.69, 9.17) is 4.74 Å². The van der Waals surface area contributed by atoms with Gasteiger partial charge in [-0.25, -0.2) is 0 Å². The van der Waals surface area contributed by atoms with Gasteiger partial charge in [-0.3, -0.25) is 9.69 Å². The van der Waals surface area contributed by atoms with Gasteiger partial charge in [0.05, 0.1) is 19.1 Å². The molecule has 1 saturated heterocycles. The van der Waals surface area contributed by atoms with E-state index < -0.39 is 5.97 Å². The maximum absolute atomic E-state index is 11.3. The minimum absolute atomic E-state index is 0.0549. The molecule has 0 bridgehead atoms. The lowest BCUT2D eigenvalue weighted by Gasteiger charge is -2.37. The van der Waals surface area contributed by atoms with Gasteiger partial charge in [0.15, 0.2) is 0 Å². The van der Waals surface area contributed by atoms with Crippen LogP contribution in [0.25, 0.3) is 0 Å². The normalized spacial score (nSPS) is 24.8. The molecule has 1 heterocycles. The number of rotatable bonds is 9. The van der Waals surface area contributed by atoms with Crippen molar-refractivity contribution in [3.05, 3.63) is 0 Å². The van der Waals surface area contributed by atoms with Crippen LogP contribution in [0.5, 0.6) is 0 Å². The van der Waals surface area contributed by atoms with Gasteiger partial charge in [0.1, 0.15) is 0 Å². The summed E-state index contributed by atoms with van der Waals surface area (Å²) in [5.74, 6) is -1.07. The fraction of sp³-hybridized carbons (Fsp3) is 0.933. The number of hydrogen-bond donors (Lipinski definition) is 1. The summed E-state index contributed by atoms with van der Waals surface area (Å²) < 4.78 is 5.43. The molecule has 0 aromatic heterocycles. The molecule has 0 aromatic rings. The molecule has 112 valence electrons. The van der Waals surface area contributed by atoms with Gasteiger partial charge < -0.3 is 9.84 Å². The molecule has 0 saturated carbocycles. The fourth-order valence-corrected chi connectivity index (χ4v) is 3.03. The highest BCUT2D eigenvalue weighted by atomic mass is 16.5. The average Bonchev–Trinajstić information content (AvgIpc) is 2.87. The summed E-state index contributed by atoms with van der Waals surface area (Å²) in [4.78, 5) is 13.7. The molecule has 1 N–H and O–H groups in total. The molecule has 0 spiro atoms. The molecule has 1 rings (SSSR count). The van der Waals surface area contributed by atoms with Crippen LogP contribution < -0.4 is 0 Å². The van der Waals surface area contributed by atoms with Crippen LogP contribution in [0.4, 0.5) is 0 Å². The van der Waals surface area contributed by atoms with E-state index in [0.29, 0.717) is 19.3 Å². The monoisotopic (exact) mass is 271 g/mol. The number of aliphatic carboxylic acids is 1. The Kier molecular flexibility index (Phi) is 7.39. The van der Waals surface area contributed by atoms with Crippen molar-refractivity contribution in [2.45, 2.75) is 65.0 Å². The van der Waals surface area contributed by atoms with Crippen LogP contribution in [-0.4, -0.2) is 47.8 Å². The Hall–Kier alpha value is -0.610. The van der Waals surface area contributed by atoms with Crippen LogP contribution in [-0.2, 0) is 9.53 Å². The first-order valence-electron chi connectivity index (χ1n) is 7.71. The van der Waals surface area contributed by atoms with Crippen molar-refractivity contribution in [2.75, 3.05) is 19.8 Å². The Bertz CT molecular complexity index is 270. The molecule has 4 heteroatoms. The van der Waals surface area contributed by atoms with Crippen molar-refractivity contribution in [3.8, 4) is 0 Å². The zero-order valence-corrected chi connectivity index (χ0v) is 12.6. The van der Waals surface area contributed by atoms with E-state index in [1.165, 1.54) is 12.8 Å². The van der Waals surface area contributed by atoms with Crippen LogP contribution in [0.2, 0.25) is 0 Å². The number of ether oxygens (including phenoxy) is 1. The second-order valence-electron chi connectivity index (χ2n) is 5.49. The van der Waals surface area contributed by atoms with E-state index in [2.05, 4.69) is 25.7 Å². The molecule has 0 aromatic carbocycles. The SMILES string of the molecule is CCCCC(CC)N(CCC)C1COCC1C(=O)O. The molecule has 1 aliphatic heterocycles. The molecule has 1 fully saturated rings. The first-order valence-corrected chi connectivity index (χ1v) is 7.71. The Morgan fingerprint density at radius 2 is 2.05 bits per heavy atom. The van der Waals surface area contributed by atoms with E-state index >= 15 is 0 Å². The molecular formula is C15H29NO3. The molecule has 19 heavy (non-hydrogen) atoms. The second kappa shape index (κ2) is 8.54. The third-order valence-electron chi connectivity index (χ3n) is 4.11. The molecule has 0 amide bonds. The smallest absolute Gasteiger partial charge is 0.310 e. The van der Waals surface area contributed by atoms with Gasteiger partial charge in [0.25, 0.3) is 0 Å². The average molecular weight is 271 g/mol. The van der Waals surface area contributed by atoms with Crippen molar-refractivity contribution in [2.24, 2.45) is 5.92 Å². The van der Waals surface area contributed by atoms with Gasteiger partial charge in [0, 0.05) is 12.1 Å². The maximum atomic E-state index is 11.3. The standard InChI is InChI=1S/C15H29NO3/c1-4-7-8-12(6-3)16(9-5-2)14-11-19-10-13(14)15(17)18/h12-14H,4-11H2,1-3H3,(H,17,18). The molecule has 0 radical (unpaired) electrons. The third kappa shape index (κ3) is 4.46. The van der Waals surface area contributed by atoms with Gasteiger partial charge in [-0.05, 0) is 25.8 Å². The predicted octanol–water partition coefficient (Wildman–Crippen LogP) is 2.77. The van der Waals surface area contributed by atoms with E-state index in [1.54, 1.807) is 0 Å². The van der Waals surface area contributed by atoms with Crippen LogP contribution in [0, 0.1) is 5.92 Å². The highest BCUT2D eigenvalue weighted by molar-refractivity contribution is 5.71. The van der Waals surface area contributed by atoms with Crippen molar-refractivity contribution < 1.29 is 14.6 Å². The minimum Gasteiger partial charge on any atom is -0.481 e. The Morgan fingerprint density at radius 1 is 1.32 bits per heavy atom. The predicted molar refractivity (Wildman–Crippen MR) is 76.3 cm³/mol. The van der Waals surface area contributed by atoms with E-state index in [1.807, 2.05) is 0 Å². The van der Waals surface area contributed by atoms with Crippen LogP contribution in [0.15, 0.2) is 0 Å². The lowest BCUT2D eigenvalue weighted by atomic mass is 9.97. The van der Waals surface area contributed by atoms with E-state index in [0.717, 1.165) is 25.8 Å². The number of carboxylic acid groups (broad SMARTS) is 1. The number of nitrogens with zero attached hydrogens (tertiary/aromatic N) is 1. The fourth-order valence-electron chi connectivity index (χ4n) is 3.03. The number of hydrogen-bond acceptors (Lipinski definition) is 3. The first kappa shape index (κ1) is 16.4. The maximum Gasteiger partial charge on any atom is 0.310 e. The molecule has 4 nitrogen and oxygen atoms in total. The van der Waals surface area contributed by atoms with Crippen molar-refractivity contribution in [3.63, 3.8) is 0 Å². The lowest BCUT2D eigenvalue weighted by Crippen LogP contribution is -2.48. The quantitative estimate of drug-likeness (QED) is 0.700. The Labute approximate surface area is 117 Å². The van der Waals surface area contributed by atoms with Crippen molar-refractivity contribution in [1.82, 2.24) is 4.90 Å². The second-order valence-corrected chi connectivity index (χ2v) is 5.49.